The van der Waals surface area contributed by atoms with E-state index in [-0.39, 0.29) is 18.9 Å². The number of carbonyl (C=O) groups excluding carboxylic acids is 1. The van der Waals surface area contributed by atoms with E-state index in [4.69, 9.17) is 5.11 Å². The third kappa shape index (κ3) is 5.87. The second kappa shape index (κ2) is 7.68. The monoisotopic (exact) mass is 277 g/mol. The average molecular weight is 277 g/mol. The summed E-state index contributed by atoms with van der Waals surface area (Å²) in [5.41, 5.74) is 2.21. The number of carboxylic acid groups (broad SMARTS) is 1. The smallest absolute Gasteiger partial charge is 0.308 e. The molecule has 1 aromatic carbocycles. The molecule has 0 spiro atoms. The Morgan fingerprint density at radius 2 is 1.65 bits per heavy atom. The zero-order chi connectivity index (χ0) is 15.1. The van der Waals surface area contributed by atoms with E-state index in [1.165, 1.54) is 5.56 Å². The molecular formula is C16H23NO3. The molecule has 0 aliphatic heterocycles. The summed E-state index contributed by atoms with van der Waals surface area (Å²) in [6, 6.07) is 8.00. The van der Waals surface area contributed by atoms with Crippen LogP contribution in [0.1, 0.15) is 31.9 Å². The first-order valence-corrected chi connectivity index (χ1v) is 6.95. The van der Waals surface area contributed by atoms with E-state index in [9.17, 15) is 9.59 Å². The largest absolute Gasteiger partial charge is 0.481 e. The van der Waals surface area contributed by atoms with Crippen molar-refractivity contribution in [2.24, 2.45) is 11.8 Å². The summed E-state index contributed by atoms with van der Waals surface area (Å²) in [6.45, 7) is 6.08. The first-order valence-electron chi connectivity index (χ1n) is 6.95. The lowest BCUT2D eigenvalue weighted by molar-refractivity contribution is -0.141. The molecule has 0 saturated heterocycles. The first-order chi connectivity index (χ1) is 9.38. The van der Waals surface area contributed by atoms with Gasteiger partial charge in [-0.3, -0.25) is 9.59 Å². The molecule has 0 radical (unpaired) electrons. The highest BCUT2D eigenvalue weighted by molar-refractivity contribution is 5.79. The molecular weight excluding hydrogens is 254 g/mol. The van der Waals surface area contributed by atoms with Crippen LogP contribution in [-0.2, 0) is 22.4 Å². The normalized spacial score (nSPS) is 12.2. The van der Waals surface area contributed by atoms with Crippen molar-refractivity contribution in [3.63, 3.8) is 0 Å². The lowest BCUT2D eigenvalue weighted by Gasteiger charge is -2.09. The summed E-state index contributed by atoms with van der Waals surface area (Å²) in [5.74, 6) is -0.993. The van der Waals surface area contributed by atoms with Gasteiger partial charge in [0.2, 0.25) is 5.91 Å². The molecule has 1 rings (SSSR count). The van der Waals surface area contributed by atoms with Crippen LogP contribution >= 0.6 is 0 Å². The molecule has 0 aliphatic rings. The topological polar surface area (TPSA) is 66.4 Å². The Bertz CT molecular complexity index is 451. The molecule has 2 N–H and O–H groups in total. The van der Waals surface area contributed by atoms with Crippen molar-refractivity contribution in [3.8, 4) is 0 Å². The van der Waals surface area contributed by atoms with Crippen LogP contribution < -0.4 is 5.32 Å². The Kier molecular flexibility index (Phi) is 6.22. The fraction of sp³-hybridized carbons (Fsp3) is 0.500. The fourth-order valence-electron chi connectivity index (χ4n) is 1.87. The number of amides is 1. The number of rotatable bonds is 7. The van der Waals surface area contributed by atoms with Crippen LogP contribution in [0, 0.1) is 11.8 Å². The third-order valence-corrected chi connectivity index (χ3v) is 3.06. The molecule has 1 atom stereocenters. The van der Waals surface area contributed by atoms with Crippen LogP contribution in [-0.4, -0.2) is 23.5 Å². The van der Waals surface area contributed by atoms with E-state index >= 15 is 0 Å². The molecule has 0 aliphatic carbocycles. The van der Waals surface area contributed by atoms with Gasteiger partial charge >= 0.3 is 5.97 Å². The predicted molar refractivity (Wildman–Crippen MR) is 78.5 cm³/mol. The second-order valence-electron chi connectivity index (χ2n) is 5.63. The Balaban J connectivity index is 2.44. The highest BCUT2D eigenvalue weighted by Gasteiger charge is 2.12. The van der Waals surface area contributed by atoms with Gasteiger partial charge in [0.15, 0.2) is 0 Å². The van der Waals surface area contributed by atoms with E-state index in [0.29, 0.717) is 5.92 Å². The Morgan fingerprint density at radius 3 is 2.15 bits per heavy atom. The maximum Gasteiger partial charge on any atom is 0.308 e. The van der Waals surface area contributed by atoms with Crippen molar-refractivity contribution in [2.45, 2.75) is 33.6 Å². The van der Waals surface area contributed by atoms with E-state index < -0.39 is 11.9 Å². The maximum atomic E-state index is 11.7. The summed E-state index contributed by atoms with van der Waals surface area (Å²) < 4.78 is 0. The van der Waals surface area contributed by atoms with Gasteiger partial charge in [-0.2, -0.15) is 0 Å². The van der Waals surface area contributed by atoms with Crippen LogP contribution in [0.2, 0.25) is 0 Å². The lowest BCUT2D eigenvalue weighted by Crippen LogP contribution is -2.32. The summed E-state index contributed by atoms with van der Waals surface area (Å²) in [6.07, 6.45) is 1.32. The number of aliphatic carboxylic acids is 1. The molecule has 20 heavy (non-hydrogen) atoms. The van der Waals surface area contributed by atoms with Gasteiger partial charge in [-0.05, 0) is 23.5 Å². The number of nitrogens with one attached hydrogen (secondary N) is 1. The highest BCUT2D eigenvalue weighted by atomic mass is 16.4. The van der Waals surface area contributed by atoms with Crippen molar-refractivity contribution < 1.29 is 14.7 Å². The quantitative estimate of drug-likeness (QED) is 0.803. The molecule has 0 aromatic heterocycles. The minimum absolute atomic E-state index is 0.144. The Hall–Kier alpha value is -1.84. The zero-order valence-corrected chi connectivity index (χ0v) is 12.3. The summed E-state index contributed by atoms with van der Waals surface area (Å²) in [5, 5.41) is 11.4. The first kappa shape index (κ1) is 16.2. The molecule has 4 heteroatoms. The zero-order valence-electron chi connectivity index (χ0n) is 12.3. The molecule has 0 fully saturated rings. The third-order valence-electron chi connectivity index (χ3n) is 3.06. The fourth-order valence-corrected chi connectivity index (χ4v) is 1.87. The molecule has 0 saturated carbocycles. The van der Waals surface area contributed by atoms with Crippen LogP contribution in [0.3, 0.4) is 0 Å². The molecule has 0 heterocycles. The summed E-state index contributed by atoms with van der Waals surface area (Å²) >= 11 is 0. The molecule has 4 nitrogen and oxygen atoms in total. The number of carbonyl (C=O) groups is 2. The number of hydrogen-bond donors (Lipinski definition) is 2. The van der Waals surface area contributed by atoms with Crippen LogP contribution in [0.15, 0.2) is 24.3 Å². The van der Waals surface area contributed by atoms with Gasteiger partial charge in [-0.15, -0.1) is 0 Å². The van der Waals surface area contributed by atoms with Crippen molar-refractivity contribution in [3.05, 3.63) is 35.4 Å². The van der Waals surface area contributed by atoms with Gasteiger partial charge in [-0.1, -0.05) is 45.0 Å². The van der Waals surface area contributed by atoms with Crippen LogP contribution in [0.5, 0.6) is 0 Å². The molecule has 1 unspecified atom stereocenters. The molecule has 1 amide bonds. The summed E-state index contributed by atoms with van der Waals surface area (Å²) in [4.78, 5) is 22.3. The molecule has 0 bridgehead atoms. The minimum atomic E-state index is -0.900. The van der Waals surface area contributed by atoms with E-state index in [1.54, 1.807) is 6.92 Å². The molecule has 1 aromatic rings. The maximum absolute atomic E-state index is 11.7. The van der Waals surface area contributed by atoms with Gasteiger partial charge in [0.1, 0.15) is 0 Å². The molecule has 110 valence electrons. The van der Waals surface area contributed by atoms with E-state index in [2.05, 4.69) is 19.2 Å². The van der Waals surface area contributed by atoms with Gasteiger partial charge in [-0.25, -0.2) is 0 Å². The number of hydrogen-bond acceptors (Lipinski definition) is 2. The van der Waals surface area contributed by atoms with Gasteiger partial charge in [0.05, 0.1) is 12.3 Å². The van der Waals surface area contributed by atoms with Gasteiger partial charge in [0, 0.05) is 6.54 Å². The second-order valence-corrected chi connectivity index (χ2v) is 5.63. The number of benzene rings is 1. The van der Waals surface area contributed by atoms with Crippen molar-refractivity contribution in [2.75, 3.05) is 6.54 Å². The van der Waals surface area contributed by atoms with Gasteiger partial charge in [0.25, 0.3) is 0 Å². The van der Waals surface area contributed by atoms with Crippen molar-refractivity contribution >= 4 is 11.9 Å². The average Bonchev–Trinajstić information content (AvgIpc) is 2.37. The van der Waals surface area contributed by atoms with Crippen LogP contribution in [0.25, 0.3) is 0 Å². The standard InChI is InChI=1S/C16H23NO3/c1-11(2)8-13-4-6-14(7-5-13)9-15(18)17-10-12(3)16(19)20/h4-7,11-12H,8-10H2,1-3H3,(H,17,18)(H,19,20). The highest BCUT2D eigenvalue weighted by Crippen LogP contribution is 2.10. The van der Waals surface area contributed by atoms with Crippen LogP contribution in [0.4, 0.5) is 0 Å². The SMILES string of the molecule is CC(C)Cc1ccc(CC(=O)NCC(C)C(=O)O)cc1. The minimum Gasteiger partial charge on any atom is -0.481 e. The van der Waals surface area contributed by atoms with Crippen molar-refractivity contribution in [1.29, 1.82) is 0 Å². The summed E-state index contributed by atoms with van der Waals surface area (Å²) in [7, 11) is 0. The van der Waals surface area contributed by atoms with E-state index in [1.807, 2.05) is 24.3 Å². The lowest BCUT2D eigenvalue weighted by atomic mass is 10.0. The predicted octanol–water partition coefficient (Wildman–Crippen LogP) is 2.26. The van der Waals surface area contributed by atoms with E-state index in [0.717, 1.165) is 12.0 Å². The number of carboxylic acids is 1. The Labute approximate surface area is 120 Å². The Morgan fingerprint density at radius 1 is 1.10 bits per heavy atom. The van der Waals surface area contributed by atoms with Gasteiger partial charge < -0.3 is 10.4 Å². The van der Waals surface area contributed by atoms with Crippen molar-refractivity contribution in [1.82, 2.24) is 5.32 Å².